The first-order valence-electron chi connectivity index (χ1n) is 6.80. The average molecular weight is 267 g/mol. The molecular weight excluding hydrogens is 244 g/mol. The molecule has 1 aromatic rings. The Kier molecular flexibility index (Phi) is 4.52. The second kappa shape index (κ2) is 5.94. The van der Waals surface area contributed by atoms with Crippen LogP contribution in [0.25, 0.3) is 0 Å². The monoisotopic (exact) mass is 266 g/mol. The van der Waals surface area contributed by atoms with Crippen molar-refractivity contribution in [1.29, 1.82) is 0 Å². The fraction of sp³-hybridized carbons (Fsp3) is 0.600. The molecule has 1 fully saturated rings. The molecule has 0 amide bonds. The normalized spacial score (nSPS) is 19.8. The predicted molar refractivity (Wildman–Crippen MR) is 79.6 cm³/mol. The van der Waals surface area contributed by atoms with Crippen molar-refractivity contribution in [3.63, 3.8) is 0 Å². The molecule has 100 valence electrons. The maximum Gasteiger partial charge on any atom is 0.0410 e. The quantitative estimate of drug-likeness (QED) is 0.898. The van der Waals surface area contributed by atoms with Gasteiger partial charge in [-0.3, -0.25) is 0 Å². The molecule has 1 heterocycles. The molecule has 1 saturated heterocycles. The van der Waals surface area contributed by atoms with Gasteiger partial charge in [-0.1, -0.05) is 25.4 Å². The summed E-state index contributed by atoms with van der Waals surface area (Å²) < 4.78 is 0. The molecule has 0 radical (unpaired) electrons. The van der Waals surface area contributed by atoms with Crippen LogP contribution >= 0.6 is 11.6 Å². The number of rotatable bonds is 4. The zero-order valence-electron chi connectivity index (χ0n) is 11.5. The fourth-order valence-corrected chi connectivity index (χ4v) is 2.82. The van der Waals surface area contributed by atoms with E-state index in [4.69, 9.17) is 11.6 Å². The summed E-state index contributed by atoms with van der Waals surface area (Å²) in [5.74, 6) is 0.766. The highest BCUT2D eigenvalue weighted by Gasteiger charge is 2.23. The summed E-state index contributed by atoms with van der Waals surface area (Å²) in [5.41, 5.74) is 2.62. The van der Waals surface area contributed by atoms with Gasteiger partial charge < -0.3 is 10.2 Å². The highest BCUT2D eigenvalue weighted by atomic mass is 35.5. The summed E-state index contributed by atoms with van der Waals surface area (Å²) >= 11 is 6.01. The second-order valence-electron chi connectivity index (χ2n) is 5.59. The summed E-state index contributed by atoms with van der Waals surface area (Å²) in [7, 11) is 0. The molecule has 1 N–H and O–H groups in total. The second-order valence-corrected chi connectivity index (χ2v) is 6.03. The Balaban J connectivity index is 1.95. The number of nitrogens with one attached hydrogen (secondary N) is 1. The molecule has 1 aromatic carbocycles. The minimum absolute atomic E-state index is 0.580. The van der Waals surface area contributed by atoms with Crippen molar-refractivity contribution in [2.75, 3.05) is 24.5 Å². The summed E-state index contributed by atoms with van der Waals surface area (Å²) in [6.07, 6.45) is 1.28. The lowest BCUT2D eigenvalue weighted by atomic mass is 10.1. The lowest BCUT2D eigenvalue weighted by molar-refractivity contribution is 0.480. The minimum Gasteiger partial charge on any atom is -0.371 e. The molecule has 1 atom stereocenters. The number of benzene rings is 1. The Morgan fingerprint density at radius 1 is 1.44 bits per heavy atom. The maximum absolute atomic E-state index is 6.01. The Morgan fingerprint density at radius 3 is 2.89 bits per heavy atom. The zero-order valence-corrected chi connectivity index (χ0v) is 12.3. The first kappa shape index (κ1) is 13.7. The summed E-state index contributed by atoms with van der Waals surface area (Å²) in [4.78, 5) is 2.48. The van der Waals surface area contributed by atoms with E-state index >= 15 is 0 Å². The van der Waals surface area contributed by atoms with Crippen LogP contribution in [0.2, 0.25) is 5.02 Å². The van der Waals surface area contributed by atoms with E-state index in [0.717, 1.165) is 30.6 Å². The Labute approximate surface area is 115 Å². The summed E-state index contributed by atoms with van der Waals surface area (Å²) in [6.45, 7) is 9.99. The molecule has 0 aliphatic carbocycles. The Bertz CT molecular complexity index is 403. The van der Waals surface area contributed by atoms with Crippen LogP contribution in [0.15, 0.2) is 18.2 Å². The highest BCUT2D eigenvalue weighted by Crippen LogP contribution is 2.28. The molecule has 0 bridgehead atoms. The van der Waals surface area contributed by atoms with E-state index < -0.39 is 0 Å². The van der Waals surface area contributed by atoms with E-state index in [2.05, 4.69) is 43.1 Å². The Hall–Kier alpha value is -0.730. The van der Waals surface area contributed by atoms with Crippen LogP contribution < -0.4 is 10.2 Å². The van der Waals surface area contributed by atoms with Gasteiger partial charge in [-0.2, -0.15) is 0 Å². The number of nitrogens with zero attached hydrogens (tertiary/aromatic N) is 1. The summed E-state index contributed by atoms with van der Waals surface area (Å²) in [6, 6.07) is 6.77. The van der Waals surface area contributed by atoms with Crippen molar-refractivity contribution in [1.82, 2.24) is 5.32 Å². The number of hydrogen-bond acceptors (Lipinski definition) is 2. The smallest absolute Gasteiger partial charge is 0.0410 e. The van der Waals surface area contributed by atoms with E-state index in [9.17, 15) is 0 Å². The summed E-state index contributed by atoms with van der Waals surface area (Å²) in [5, 5.41) is 4.36. The standard InChI is InChI=1S/C15H23ClN2/c1-11(2)17-9-13-6-7-18(10-13)15-5-4-14(16)8-12(15)3/h4-5,8,11,13,17H,6-7,9-10H2,1-3H3. The van der Waals surface area contributed by atoms with Gasteiger partial charge in [0, 0.05) is 29.8 Å². The molecule has 2 rings (SSSR count). The topological polar surface area (TPSA) is 15.3 Å². The van der Waals surface area contributed by atoms with Gasteiger partial charge >= 0.3 is 0 Å². The number of halogens is 1. The van der Waals surface area contributed by atoms with E-state index in [1.54, 1.807) is 0 Å². The van der Waals surface area contributed by atoms with E-state index in [-0.39, 0.29) is 0 Å². The molecule has 2 nitrogen and oxygen atoms in total. The molecule has 0 saturated carbocycles. The van der Waals surface area contributed by atoms with Crippen molar-refractivity contribution in [3.05, 3.63) is 28.8 Å². The number of aryl methyl sites for hydroxylation is 1. The van der Waals surface area contributed by atoms with Crippen LogP contribution in [-0.4, -0.2) is 25.7 Å². The molecular formula is C15H23ClN2. The van der Waals surface area contributed by atoms with Crippen molar-refractivity contribution in [2.45, 2.75) is 33.2 Å². The molecule has 0 spiro atoms. The van der Waals surface area contributed by atoms with E-state index in [1.165, 1.54) is 17.7 Å². The van der Waals surface area contributed by atoms with Gasteiger partial charge in [0.2, 0.25) is 0 Å². The first-order valence-corrected chi connectivity index (χ1v) is 7.18. The third-order valence-corrected chi connectivity index (χ3v) is 3.84. The van der Waals surface area contributed by atoms with Crippen molar-refractivity contribution >= 4 is 17.3 Å². The van der Waals surface area contributed by atoms with Gasteiger partial charge in [0.1, 0.15) is 0 Å². The van der Waals surface area contributed by atoms with Crippen molar-refractivity contribution in [3.8, 4) is 0 Å². The van der Waals surface area contributed by atoms with Crippen LogP contribution in [0.1, 0.15) is 25.8 Å². The molecule has 1 unspecified atom stereocenters. The van der Waals surface area contributed by atoms with Crippen molar-refractivity contribution in [2.24, 2.45) is 5.92 Å². The maximum atomic E-state index is 6.01. The van der Waals surface area contributed by atoms with Gasteiger partial charge in [0.25, 0.3) is 0 Å². The van der Waals surface area contributed by atoms with Gasteiger partial charge in [-0.15, -0.1) is 0 Å². The molecule has 3 heteroatoms. The molecule has 18 heavy (non-hydrogen) atoms. The van der Waals surface area contributed by atoms with Crippen LogP contribution in [-0.2, 0) is 0 Å². The van der Waals surface area contributed by atoms with Crippen LogP contribution in [0.4, 0.5) is 5.69 Å². The molecule has 1 aliphatic rings. The van der Waals surface area contributed by atoms with E-state index in [0.29, 0.717) is 6.04 Å². The highest BCUT2D eigenvalue weighted by molar-refractivity contribution is 6.30. The zero-order chi connectivity index (χ0) is 13.1. The van der Waals surface area contributed by atoms with Gasteiger partial charge in [-0.05, 0) is 49.6 Å². The third kappa shape index (κ3) is 3.39. The van der Waals surface area contributed by atoms with Gasteiger partial charge in [-0.25, -0.2) is 0 Å². The van der Waals surface area contributed by atoms with Crippen LogP contribution in [0.5, 0.6) is 0 Å². The van der Waals surface area contributed by atoms with Crippen molar-refractivity contribution < 1.29 is 0 Å². The fourth-order valence-electron chi connectivity index (χ4n) is 2.59. The largest absolute Gasteiger partial charge is 0.371 e. The number of anilines is 1. The Morgan fingerprint density at radius 2 is 2.22 bits per heavy atom. The van der Waals surface area contributed by atoms with Crippen LogP contribution in [0.3, 0.4) is 0 Å². The third-order valence-electron chi connectivity index (χ3n) is 3.60. The molecule has 0 aromatic heterocycles. The van der Waals surface area contributed by atoms with Crippen LogP contribution in [0, 0.1) is 12.8 Å². The molecule has 1 aliphatic heterocycles. The van der Waals surface area contributed by atoms with Gasteiger partial charge in [0.15, 0.2) is 0 Å². The minimum atomic E-state index is 0.580. The van der Waals surface area contributed by atoms with Gasteiger partial charge in [0.05, 0.1) is 0 Å². The lowest BCUT2D eigenvalue weighted by Gasteiger charge is -2.21. The average Bonchev–Trinajstić information content (AvgIpc) is 2.75. The predicted octanol–water partition coefficient (Wildman–Crippen LogP) is 3.47. The first-order chi connectivity index (χ1) is 8.56. The van der Waals surface area contributed by atoms with E-state index in [1.807, 2.05) is 6.07 Å². The number of hydrogen-bond donors (Lipinski definition) is 1. The lowest BCUT2D eigenvalue weighted by Crippen LogP contribution is -2.30. The SMILES string of the molecule is Cc1cc(Cl)ccc1N1CCC(CNC(C)C)C1.